The molecule has 0 bridgehead atoms. The van der Waals surface area contributed by atoms with Gasteiger partial charge in [-0.15, -0.1) is 0 Å². The molecule has 1 aliphatic rings. The van der Waals surface area contributed by atoms with E-state index in [4.69, 9.17) is 34.8 Å². The number of anilines is 1. The van der Waals surface area contributed by atoms with Crippen LogP contribution in [0.3, 0.4) is 0 Å². The summed E-state index contributed by atoms with van der Waals surface area (Å²) in [6, 6.07) is 33.5. The van der Waals surface area contributed by atoms with E-state index in [1.165, 1.54) is 29.8 Å². The average Bonchev–Trinajstić information content (AvgIpc) is 3.38. The number of nitrogens with zero attached hydrogens (tertiary/aromatic N) is 1. The Morgan fingerprint density at radius 1 is 0.795 bits per heavy atom. The lowest BCUT2D eigenvalue weighted by Crippen LogP contribution is -2.48. The minimum Gasteiger partial charge on any atom is -0.347 e. The van der Waals surface area contributed by atoms with Gasteiger partial charge in [-0.25, -0.2) is 4.39 Å². The fourth-order valence-corrected chi connectivity index (χ4v) is 6.01. The van der Waals surface area contributed by atoms with Gasteiger partial charge in [0.25, 0.3) is 5.91 Å². The highest BCUT2D eigenvalue weighted by molar-refractivity contribution is 6.68. The number of nitrogens with one attached hydrogen (secondary N) is 1. The van der Waals surface area contributed by atoms with Gasteiger partial charge in [-0.3, -0.25) is 9.59 Å². The zero-order valence-electron chi connectivity index (χ0n) is 24.0. The van der Waals surface area contributed by atoms with E-state index >= 15 is 0 Å². The van der Waals surface area contributed by atoms with E-state index in [2.05, 4.69) is 17.4 Å². The number of carbonyl (C=O) groups excluding carboxylic acids is 2. The van der Waals surface area contributed by atoms with Gasteiger partial charge in [0.1, 0.15) is 5.82 Å². The first-order chi connectivity index (χ1) is 21.1. The second kappa shape index (κ2) is 14.0. The monoisotopic (exact) mass is 648 g/mol. The lowest BCUT2D eigenvalue weighted by atomic mass is 9.90. The molecule has 1 aliphatic carbocycles. The summed E-state index contributed by atoms with van der Waals surface area (Å²) in [6.45, 7) is 0.297. The molecule has 44 heavy (non-hydrogen) atoms. The molecule has 5 rings (SSSR count). The van der Waals surface area contributed by atoms with Crippen molar-refractivity contribution in [1.29, 1.82) is 0 Å². The Bertz CT molecular complexity index is 1610. The first-order valence-corrected chi connectivity index (χ1v) is 15.5. The molecule has 1 N–H and O–H groups in total. The fraction of sp³-hybridized carbons (Fsp3) is 0.222. The van der Waals surface area contributed by atoms with Gasteiger partial charge < -0.3 is 10.2 Å². The van der Waals surface area contributed by atoms with Crippen molar-refractivity contribution in [2.45, 2.75) is 41.4 Å². The summed E-state index contributed by atoms with van der Waals surface area (Å²) in [6.07, 6.45) is 4.36. The first-order valence-electron chi connectivity index (χ1n) is 14.4. The third kappa shape index (κ3) is 8.72. The smallest absolute Gasteiger partial charge is 0.258 e. The summed E-state index contributed by atoms with van der Waals surface area (Å²) >= 11 is 17.8. The van der Waals surface area contributed by atoms with Crippen molar-refractivity contribution >= 4 is 52.3 Å². The SMILES string of the molecule is O=C(CC(Cl)(Cl)Cl)NC1(Cc2ccccc2)C=C(CN(C(=O)c2ccc(F)cc2)c2ccc(Cc3ccccc3)cc2)CC1. The number of benzene rings is 4. The normalized spacial score (nSPS) is 16.3. The van der Waals surface area contributed by atoms with Crippen molar-refractivity contribution in [3.8, 4) is 0 Å². The number of rotatable bonds is 10. The van der Waals surface area contributed by atoms with Crippen LogP contribution in [0.2, 0.25) is 0 Å². The van der Waals surface area contributed by atoms with Crippen LogP contribution in [-0.2, 0) is 17.6 Å². The van der Waals surface area contributed by atoms with Crippen molar-refractivity contribution in [2.75, 3.05) is 11.4 Å². The van der Waals surface area contributed by atoms with Crippen molar-refractivity contribution < 1.29 is 14.0 Å². The topological polar surface area (TPSA) is 49.4 Å². The fourth-order valence-electron chi connectivity index (χ4n) is 5.65. The van der Waals surface area contributed by atoms with Crippen LogP contribution in [0.25, 0.3) is 0 Å². The van der Waals surface area contributed by atoms with Gasteiger partial charge in [-0.05, 0) is 78.8 Å². The summed E-state index contributed by atoms with van der Waals surface area (Å²) < 4.78 is 12.0. The predicted octanol–water partition coefficient (Wildman–Crippen LogP) is 8.64. The van der Waals surface area contributed by atoms with Crippen molar-refractivity contribution in [1.82, 2.24) is 5.32 Å². The van der Waals surface area contributed by atoms with Crippen LogP contribution < -0.4 is 10.2 Å². The molecule has 4 aromatic rings. The molecular formula is C36H32Cl3FN2O2. The van der Waals surface area contributed by atoms with Crippen LogP contribution in [0.15, 0.2) is 121 Å². The molecule has 0 spiro atoms. The molecule has 0 heterocycles. The molecule has 0 aromatic heterocycles. The predicted molar refractivity (Wildman–Crippen MR) is 177 cm³/mol. The number of hydrogen-bond acceptors (Lipinski definition) is 2. The van der Waals surface area contributed by atoms with Crippen molar-refractivity contribution in [3.05, 3.63) is 149 Å². The second-order valence-electron chi connectivity index (χ2n) is 11.2. The molecule has 0 saturated heterocycles. The Hall–Kier alpha value is -3.64. The zero-order valence-corrected chi connectivity index (χ0v) is 26.3. The Labute approximate surface area is 272 Å². The van der Waals surface area contributed by atoms with Crippen LogP contribution in [-0.4, -0.2) is 27.7 Å². The second-order valence-corrected chi connectivity index (χ2v) is 13.7. The molecule has 226 valence electrons. The lowest BCUT2D eigenvalue weighted by molar-refractivity contribution is -0.122. The van der Waals surface area contributed by atoms with Crippen LogP contribution in [0, 0.1) is 5.82 Å². The summed E-state index contributed by atoms with van der Waals surface area (Å²) in [5, 5.41) is 3.12. The minimum absolute atomic E-state index is 0.248. The van der Waals surface area contributed by atoms with Gasteiger partial charge in [0.05, 0.1) is 12.0 Å². The van der Waals surface area contributed by atoms with Crippen molar-refractivity contribution in [2.24, 2.45) is 0 Å². The molecule has 8 heteroatoms. The third-order valence-electron chi connectivity index (χ3n) is 7.68. The molecular weight excluding hydrogens is 618 g/mol. The highest BCUT2D eigenvalue weighted by Crippen LogP contribution is 2.35. The van der Waals surface area contributed by atoms with Gasteiger partial charge in [0.2, 0.25) is 5.91 Å². The molecule has 0 radical (unpaired) electrons. The number of alkyl halides is 3. The van der Waals surface area contributed by atoms with Crippen LogP contribution in [0.1, 0.15) is 46.3 Å². The molecule has 0 fully saturated rings. The molecule has 4 aromatic carbocycles. The highest BCUT2D eigenvalue weighted by atomic mass is 35.6. The zero-order chi connectivity index (χ0) is 31.2. The number of halogens is 4. The van der Waals surface area contributed by atoms with E-state index in [0.717, 1.165) is 28.8 Å². The quantitative estimate of drug-likeness (QED) is 0.138. The maximum atomic E-state index is 13.9. The summed E-state index contributed by atoms with van der Waals surface area (Å²) in [5.74, 6) is -1.03. The molecule has 1 atom stereocenters. The maximum absolute atomic E-state index is 13.9. The Morgan fingerprint density at radius 2 is 1.39 bits per heavy atom. The number of carbonyl (C=O) groups is 2. The van der Waals surface area contributed by atoms with Gasteiger partial charge in [0, 0.05) is 17.8 Å². The highest BCUT2D eigenvalue weighted by Gasteiger charge is 2.37. The standard InChI is InChI=1S/C36H32Cl3FN2O2/c37-36(38,39)24-33(43)41-35(22-28-9-5-2-6-10-28)20-19-29(23-35)25-42(34(44)30-13-15-31(40)16-14-30)32-17-11-27(12-18-32)21-26-7-3-1-4-8-26/h1-18,23H,19-22,24-25H2,(H,41,43). The van der Waals surface area contributed by atoms with Gasteiger partial charge in [0.15, 0.2) is 3.79 Å². The summed E-state index contributed by atoms with van der Waals surface area (Å²) in [7, 11) is 0. The molecule has 2 amide bonds. The van der Waals surface area contributed by atoms with E-state index in [-0.39, 0.29) is 18.2 Å². The van der Waals surface area contributed by atoms with E-state index in [9.17, 15) is 14.0 Å². The number of amides is 2. The largest absolute Gasteiger partial charge is 0.347 e. The van der Waals surface area contributed by atoms with Crippen molar-refractivity contribution in [3.63, 3.8) is 0 Å². The molecule has 1 unspecified atom stereocenters. The average molecular weight is 650 g/mol. The molecule has 0 aliphatic heterocycles. The summed E-state index contributed by atoms with van der Waals surface area (Å²) in [5.41, 5.74) is 4.73. The van der Waals surface area contributed by atoms with Gasteiger partial charge in [-0.1, -0.05) is 119 Å². The summed E-state index contributed by atoms with van der Waals surface area (Å²) in [4.78, 5) is 28.5. The first kappa shape index (κ1) is 31.8. The Kier molecular flexibility index (Phi) is 10.1. The van der Waals surface area contributed by atoms with Crippen LogP contribution in [0.4, 0.5) is 10.1 Å². The third-order valence-corrected chi connectivity index (χ3v) is 8.08. The Morgan fingerprint density at radius 3 is 2.00 bits per heavy atom. The van der Waals surface area contributed by atoms with E-state index < -0.39 is 15.1 Å². The Balaban J connectivity index is 1.44. The van der Waals surface area contributed by atoms with Crippen LogP contribution in [0.5, 0.6) is 0 Å². The van der Waals surface area contributed by atoms with E-state index in [1.54, 1.807) is 4.90 Å². The molecule has 4 nitrogen and oxygen atoms in total. The minimum atomic E-state index is -1.71. The number of hydrogen-bond donors (Lipinski definition) is 1. The van der Waals surface area contributed by atoms with E-state index in [0.29, 0.717) is 31.4 Å². The van der Waals surface area contributed by atoms with E-state index in [1.807, 2.05) is 78.9 Å². The van der Waals surface area contributed by atoms with Gasteiger partial charge in [-0.2, -0.15) is 0 Å². The lowest BCUT2D eigenvalue weighted by Gasteiger charge is -2.30. The molecule has 0 saturated carbocycles. The maximum Gasteiger partial charge on any atom is 0.258 e. The van der Waals surface area contributed by atoms with Gasteiger partial charge >= 0.3 is 0 Å². The van der Waals surface area contributed by atoms with Crippen LogP contribution >= 0.6 is 34.8 Å².